The Morgan fingerprint density at radius 1 is 1.67 bits per heavy atom. The predicted molar refractivity (Wildman–Crippen MR) is 66.0 cm³/mol. The molecule has 0 radical (unpaired) electrons. The van der Waals surface area contributed by atoms with Crippen molar-refractivity contribution in [3.63, 3.8) is 0 Å². The first-order valence-corrected chi connectivity index (χ1v) is 6.72. The Balaban J connectivity index is 2.44. The summed E-state index contributed by atoms with van der Waals surface area (Å²) in [5.41, 5.74) is 4.93. The Morgan fingerprint density at radius 3 is 2.67 bits per heavy atom. The molecule has 0 heterocycles. The summed E-state index contributed by atoms with van der Waals surface area (Å²) in [6.07, 6.45) is 3.48. The summed E-state index contributed by atoms with van der Waals surface area (Å²) in [5, 5.41) is 3.94. The minimum absolute atomic E-state index is 0.231. The van der Waals surface area contributed by atoms with Crippen LogP contribution >= 0.6 is 11.8 Å². The van der Waals surface area contributed by atoms with Crippen LogP contribution in [0.15, 0.2) is 0 Å². The topological polar surface area (TPSA) is 55.1 Å². The lowest BCUT2D eigenvalue weighted by Gasteiger charge is -2.28. The van der Waals surface area contributed by atoms with Gasteiger partial charge in [-0.1, -0.05) is 13.8 Å². The van der Waals surface area contributed by atoms with E-state index in [9.17, 15) is 4.79 Å². The van der Waals surface area contributed by atoms with E-state index in [-0.39, 0.29) is 5.91 Å². The monoisotopic (exact) mass is 230 g/mol. The lowest BCUT2D eigenvalue weighted by Crippen LogP contribution is -2.56. The summed E-state index contributed by atoms with van der Waals surface area (Å²) >= 11 is 1.82. The van der Waals surface area contributed by atoms with Gasteiger partial charge in [0, 0.05) is 17.0 Å². The van der Waals surface area contributed by atoms with E-state index in [0.717, 1.165) is 12.2 Å². The van der Waals surface area contributed by atoms with Gasteiger partial charge in [0.1, 0.15) is 5.54 Å². The minimum atomic E-state index is -0.532. The maximum absolute atomic E-state index is 11.4. The molecule has 3 N–H and O–H groups in total. The molecule has 3 nitrogen and oxygen atoms in total. The smallest absolute Gasteiger partial charge is 0.238 e. The number of amides is 1. The maximum Gasteiger partial charge on any atom is 0.238 e. The van der Waals surface area contributed by atoms with Crippen molar-refractivity contribution < 1.29 is 4.79 Å². The lowest BCUT2D eigenvalue weighted by atomic mass is 10.1. The van der Waals surface area contributed by atoms with Crippen LogP contribution in [0.2, 0.25) is 0 Å². The maximum atomic E-state index is 11.4. The van der Waals surface area contributed by atoms with Crippen molar-refractivity contribution in [2.24, 2.45) is 5.73 Å². The van der Waals surface area contributed by atoms with Gasteiger partial charge < -0.3 is 11.1 Å². The minimum Gasteiger partial charge on any atom is -0.368 e. The van der Waals surface area contributed by atoms with Gasteiger partial charge in [0.15, 0.2) is 0 Å². The van der Waals surface area contributed by atoms with Crippen LogP contribution in [0.4, 0.5) is 0 Å². The third kappa shape index (κ3) is 4.03. The van der Waals surface area contributed by atoms with Gasteiger partial charge in [-0.3, -0.25) is 4.79 Å². The molecule has 1 rings (SSSR count). The van der Waals surface area contributed by atoms with Gasteiger partial charge in [-0.25, -0.2) is 0 Å². The van der Waals surface area contributed by atoms with Crippen LogP contribution in [0.25, 0.3) is 0 Å². The second-order valence-electron chi connectivity index (χ2n) is 4.64. The molecule has 0 aromatic heterocycles. The molecule has 1 fully saturated rings. The van der Waals surface area contributed by atoms with E-state index in [4.69, 9.17) is 5.73 Å². The molecule has 1 saturated carbocycles. The van der Waals surface area contributed by atoms with Crippen molar-refractivity contribution in [3.05, 3.63) is 0 Å². The molecule has 1 amide bonds. The van der Waals surface area contributed by atoms with E-state index >= 15 is 0 Å². The zero-order chi connectivity index (χ0) is 11.5. The van der Waals surface area contributed by atoms with E-state index in [1.54, 1.807) is 0 Å². The third-order valence-electron chi connectivity index (χ3n) is 2.88. The van der Waals surface area contributed by atoms with Gasteiger partial charge in [0.25, 0.3) is 0 Å². The van der Waals surface area contributed by atoms with Crippen LogP contribution in [0.5, 0.6) is 0 Å². The molecule has 1 aliphatic carbocycles. The summed E-state index contributed by atoms with van der Waals surface area (Å²) < 4.78 is 0. The number of carbonyl (C=O) groups is 1. The van der Waals surface area contributed by atoms with E-state index in [2.05, 4.69) is 19.2 Å². The summed E-state index contributed by atoms with van der Waals surface area (Å²) in [7, 11) is 0. The number of nitrogens with one attached hydrogen (secondary N) is 1. The Hall–Kier alpha value is -0.220. The zero-order valence-corrected chi connectivity index (χ0v) is 10.7. The number of rotatable bonds is 7. The van der Waals surface area contributed by atoms with Gasteiger partial charge in [-0.15, -0.1) is 0 Å². The Morgan fingerprint density at radius 2 is 2.27 bits per heavy atom. The highest BCUT2D eigenvalue weighted by molar-refractivity contribution is 8.00. The van der Waals surface area contributed by atoms with Gasteiger partial charge in [-0.05, 0) is 26.2 Å². The van der Waals surface area contributed by atoms with E-state index in [1.807, 2.05) is 18.7 Å². The van der Waals surface area contributed by atoms with Crippen molar-refractivity contribution in [2.75, 3.05) is 5.75 Å². The molecule has 88 valence electrons. The molecule has 0 saturated heterocycles. The Bertz CT molecular complexity index is 231. The lowest BCUT2D eigenvalue weighted by molar-refractivity contribution is -0.123. The van der Waals surface area contributed by atoms with Gasteiger partial charge in [0.2, 0.25) is 5.91 Å². The van der Waals surface area contributed by atoms with Crippen LogP contribution in [-0.4, -0.2) is 28.5 Å². The fourth-order valence-corrected chi connectivity index (χ4v) is 2.37. The summed E-state index contributed by atoms with van der Waals surface area (Å²) in [6.45, 7) is 6.26. The first-order valence-electron chi connectivity index (χ1n) is 5.67. The standard InChI is InChI=1S/C11H22N2OS/c1-4-8(2)15-7-11(3,10(12)14)13-9-5-6-9/h8-9,13H,4-7H2,1-3H3,(H2,12,14). The normalized spacial score (nSPS) is 22.1. The Labute approximate surface area is 96.6 Å². The number of thioether (sulfide) groups is 1. The van der Waals surface area contributed by atoms with Crippen LogP contribution < -0.4 is 11.1 Å². The second kappa shape index (κ2) is 5.21. The van der Waals surface area contributed by atoms with Crippen LogP contribution in [0.1, 0.15) is 40.0 Å². The fraction of sp³-hybridized carbons (Fsp3) is 0.909. The number of nitrogens with two attached hydrogens (primary N) is 1. The largest absolute Gasteiger partial charge is 0.368 e. The molecule has 2 unspecified atom stereocenters. The second-order valence-corrected chi connectivity index (χ2v) is 6.07. The van der Waals surface area contributed by atoms with E-state index in [1.165, 1.54) is 12.8 Å². The van der Waals surface area contributed by atoms with Gasteiger partial charge in [0.05, 0.1) is 0 Å². The van der Waals surface area contributed by atoms with Crippen molar-refractivity contribution in [3.8, 4) is 0 Å². The molecule has 1 aliphatic rings. The van der Waals surface area contributed by atoms with Crippen molar-refractivity contribution in [2.45, 2.75) is 56.9 Å². The predicted octanol–water partition coefficient (Wildman–Crippen LogP) is 1.51. The highest BCUT2D eigenvalue weighted by Gasteiger charge is 2.37. The molecular weight excluding hydrogens is 208 g/mol. The molecule has 0 bridgehead atoms. The number of primary amides is 1. The van der Waals surface area contributed by atoms with Gasteiger partial charge >= 0.3 is 0 Å². The average Bonchev–Trinajstić information content (AvgIpc) is 2.97. The quantitative estimate of drug-likeness (QED) is 0.697. The van der Waals surface area contributed by atoms with Crippen LogP contribution in [0, 0.1) is 0 Å². The van der Waals surface area contributed by atoms with Gasteiger partial charge in [-0.2, -0.15) is 11.8 Å². The van der Waals surface area contributed by atoms with Crippen LogP contribution in [0.3, 0.4) is 0 Å². The van der Waals surface area contributed by atoms with E-state index < -0.39 is 5.54 Å². The molecule has 0 aromatic carbocycles. The highest BCUT2D eigenvalue weighted by atomic mass is 32.2. The molecule has 0 aliphatic heterocycles. The summed E-state index contributed by atoms with van der Waals surface area (Å²) in [4.78, 5) is 11.4. The van der Waals surface area contributed by atoms with Crippen molar-refractivity contribution in [1.29, 1.82) is 0 Å². The molecule has 4 heteroatoms. The average molecular weight is 230 g/mol. The molecule has 15 heavy (non-hydrogen) atoms. The molecular formula is C11H22N2OS. The van der Waals surface area contributed by atoms with Crippen LogP contribution in [-0.2, 0) is 4.79 Å². The summed E-state index contributed by atoms with van der Waals surface area (Å²) in [5.74, 6) is 0.540. The first-order chi connectivity index (χ1) is 6.98. The number of hydrogen-bond acceptors (Lipinski definition) is 3. The SMILES string of the molecule is CCC(C)SCC(C)(NC1CC1)C(N)=O. The fourth-order valence-electron chi connectivity index (χ4n) is 1.29. The van der Waals surface area contributed by atoms with E-state index in [0.29, 0.717) is 11.3 Å². The number of carbonyl (C=O) groups excluding carboxylic acids is 1. The summed E-state index contributed by atoms with van der Waals surface area (Å²) in [6, 6.07) is 0.514. The molecule has 0 aromatic rings. The van der Waals surface area contributed by atoms with Crippen molar-refractivity contribution in [1.82, 2.24) is 5.32 Å². The van der Waals surface area contributed by atoms with Crippen molar-refractivity contribution >= 4 is 17.7 Å². The third-order valence-corrected chi connectivity index (χ3v) is 4.52. The molecule has 0 spiro atoms. The molecule has 2 atom stereocenters. The number of hydrogen-bond donors (Lipinski definition) is 2. The zero-order valence-electron chi connectivity index (χ0n) is 9.88. The first kappa shape index (κ1) is 12.8. The highest BCUT2D eigenvalue weighted by Crippen LogP contribution is 2.26. The Kier molecular flexibility index (Phi) is 4.46.